The lowest BCUT2D eigenvalue weighted by Gasteiger charge is -2.15. The predicted molar refractivity (Wildman–Crippen MR) is 122 cm³/mol. The van der Waals surface area contributed by atoms with E-state index >= 15 is 0 Å². The lowest BCUT2D eigenvalue weighted by atomic mass is 10.1. The molecule has 34 heavy (non-hydrogen) atoms. The van der Waals surface area contributed by atoms with Gasteiger partial charge in [0.05, 0.1) is 34.1 Å². The van der Waals surface area contributed by atoms with Gasteiger partial charge in [0.1, 0.15) is 23.4 Å². The molecule has 0 fully saturated rings. The summed E-state index contributed by atoms with van der Waals surface area (Å²) in [5, 5.41) is 21.0. The second-order valence-electron chi connectivity index (χ2n) is 7.99. The van der Waals surface area contributed by atoms with Gasteiger partial charge in [-0.25, -0.2) is 14.8 Å². The molecule has 6 N–H and O–H groups in total. The van der Waals surface area contributed by atoms with Crippen molar-refractivity contribution in [3.05, 3.63) is 53.6 Å². The summed E-state index contributed by atoms with van der Waals surface area (Å²) < 4.78 is 13.0. The smallest absolute Gasteiger partial charge is 0.328 e. The Balaban J connectivity index is 1.63. The molecule has 0 spiro atoms. The van der Waals surface area contributed by atoms with Crippen LogP contribution in [-0.4, -0.2) is 63.6 Å². The van der Waals surface area contributed by atoms with E-state index in [1.165, 1.54) is 12.1 Å². The molecule has 178 valence electrons. The molecule has 0 saturated carbocycles. The van der Waals surface area contributed by atoms with Gasteiger partial charge in [-0.15, -0.1) is 0 Å². The standard InChI is InChI=1S/C21H22N5O7P/c1-10(18-22-13-6-4-12(27)8-15(13)23-18)19-24-14-5-3-11(7-17(14)26(19)2)20(28)25-16(21(29)30)9-34(31,32)33/h3-8,10,16,27H,9H2,1-2H3,(H,22,23)(H,25,28)(H,29,30)(H2,31,32,33). The lowest BCUT2D eigenvalue weighted by Crippen LogP contribution is -2.43. The minimum atomic E-state index is -4.65. The van der Waals surface area contributed by atoms with E-state index in [-0.39, 0.29) is 17.2 Å². The van der Waals surface area contributed by atoms with E-state index in [0.29, 0.717) is 33.7 Å². The highest BCUT2D eigenvalue weighted by atomic mass is 31.2. The number of aromatic hydroxyl groups is 1. The number of carboxylic acids is 1. The number of aryl methyl sites for hydroxylation is 1. The van der Waals surface area contributed by atoms with Crippen LogP contribution in [0.2, 0.25) is 0 Å². The second kappa shape index (κ2) is 8.56. The SMILES string of the molecule is CC(c1nc2ccc(O)cc2[nH]1)c1nc2ccc(C(=O)NC(CP(=O)(O)O)C(=O)O)cc2n1C. The van der Waals surface area contributed by atoms with E-state index in [1.54, 1.807) is 35.9 Å². The largest absolute Gasteiger partial charge is 0.508 e. The topological polar surface area (TPSA) is 191 Å². The van der Waals surface area contributed by atoms with Crippen LogP contribution in [0.3, 0.4) is 0 Å². The van der Waals surface area contributed by atoms with E-state index in [0.717, 1.165) is 0 Å². The van der Waals surface area contributed by atoms with E-state index in [2.05, 4.69) is 20.3 Å². The van der Waals surface area contributed by atoms with E-state index in [9.17, 15) is 24.4 Å². The number of carbonyl (C=O) groups excluding carboxylic acids is 1. The van der Waals surface area contributed by atoms with Crippen LogP contribution in [0.1, 0.15) is 34.8 Å². The Kier molecular flexibility index (Phi) is 5.90. The van der Waals surface area contributed by atoms with Crippen LogP contribution in [0.25, 0.3) is 22.1 Å². The van der Waals surface area contributed by atoms with Gasteiger partial charge in [0.25, 0.3) is 5.91 Å². The number of hydrogen-bond donors (Lipinski definition) is 6. The van der Waals surface area contributed by atoms with Crippen molar-refractivity contribution in [1.29, 1.82) is 0 Å². The first-order chi connectivity index (χ1) is 15.9. The lowest BCUT2D eigenvalue weighted by molar-refractivity contribution is -0.138. The predicted octanol–water partition coefficient (Wildman–Crippen LogP) is 1.67. The average Bonchev–Trinajstić information content (AvgIpc) is 3.32. The number of aromatic amines is 1. The number of amides is 1. The van der Waals surface area contributed by atoms with Gasteiger partial charge >= 0.3 is 13.6 Å². The number of aromatic nitrogens is 4. The van der Waals surface area contributed by atoms with Gasteiger partial charge in [-0.05, 0) is 37.3 Å². The van der Waals surface area contributed by atoms with E-state index in [1.807, 2.05) is 6.92 Å². The molecule has 4 aromatic rings. The van der Waals surface area contributed by atoms with Crippen LogP contribution in [0.15, 0.2) is 36.4 Å². The molecule has 2 aromatic heterocycles. The third-order valence-corrected chi connectivity index (χ3v) is 6.32. The molecule has 2 atom stereocenters. The van der Waals surface area contributed by atoms with Crippen LogP contribution in [0.5, 0.6) is 5.75 Å². The summed E-state index contributed by atoms with van der Waals surface area (Å²) in [6, 6.07) is 7.69. The molecular weight excluding hydrogens is 465 g/mol. The molecule has 0 saturated heterocycles. The van der Waals surface area contributed by atoms with Crippen LogP contribution in [0.4, 0.5) is 0 Å². The molecule has 4 rings (SSSR count). The number of fused-ring (bicyclic) bond motifs is 2. The fourth-order valence-electron chi connectivity index (χ4n) is 3.75. The number of H-pyrrole nitrogens is 1. The van der Waals surface area contributed by atoms with Gasteiger partial charge in [0, 0.05) is 18.7 Å². The maximum atomic E-state index is 12.6. The minimum Gasteiger partial charge on any atom is -0.508 e. The number of phenolic OH excluding ortho intramolecular Hbond substituents is 1. The van der Waals surface area contributed by atoms with Crippen molar-refractivity contribution in [2.24, 2.45) is 7.05 Å². The van der Waals surface area contributed by atoms with Crippen molar-refractivity contribution >= 4 is 41.5 Å². The molecule has 0 aliphatic heterocycles. The summed E-state index contributed by atoms with van der Waals surface area (Å²) in [6.45, 7) is 1.91. The summed E-state index contributed by atoms with van der Waals surface area (Å²) in [6.07, 6.45) is -1.01. The minimum absolute atomic E-state index is 0.117. The van der Waals surface area contributed by atoms with Crippen LogP contribution in [0, 0.1) is 0 Å². The normalized spacial score (nSPS) is 13.8. The number of rotatable bonds is 7. The van der Waals surface area contributed by atoms with Crippen molar-refractivity contribution in [2.75, 3.05) is 6.16 Å². The van der Waals surface area contributed by atoms with Gasteiger partial charge in [-0.1, -0.05) is 0 Å². The summed E-state index contributed by atoms with van der Waals surface area (Å²) in [5.74, 6) is -1.18. The van der Waals surface area contributed by atoms with Gasteiger partial charge in [-0.3, -0.25) is 9.36 Å². The number of imidazole rings is 2. The van der Waals surface area contributed by atoms with Crippen molar-refractivity contribution in [2.45, 2.75) is 18.9 Å². The Bertz CT molecular complexity index is 1470. The van der Waals surface area contributed by atoms with Gasteiger partial charge in [0.15, 0.2) is 0 Å². The Labute approximate surface area is 192 Å². The zero-order chi connectivity index (χ0) is 24.8. The number of hydrogen-bond acceptors (Lipinski definition) is 6. The summed E-state index contributed by atoms with van der Waals surface area (Å²) in [7, 11) is -2.89. The third-order valence-electron chi connectivity index (χ3n) is 5.48. The summed E-state index contributed by atoms with van der Waals surface area (Å²) in [4.78, 5) is 54.4. The van der Waals surface area contributed by atoms with Crippen molar-refractivity contribution < 1.29 is 34.2 Å². The number of benzene rings is 2. The molecule has 0 aliphatic rings. The van der Waals surface area contributed by atoms with E-state index < -0.39 is 31.7 Å². The van der Waals surface area contributed by atoms with Crippen LogP contribution < -0.4 is 5.32 Å². The van der Waals surface area contributed by atoms with Crippen molar-refractivity contribution in [1.82, 2.24) is 24.8 Å². The summed E-state index contributed by atoms with van der Waals surface area (Å²) in [5.41, 5.74) is 2.69. The van der Waals surface area contributed by atoms with Crippen molar-refractivity contribution in [3.8, 4) is 5.75 Å². The quantitative estimate of drug-likeness (QED) is 0.210. The van der Waals surface area contributed by atoms with Gasteiger partial charge in [-0.2, -0.15) is 0 Å². The molecular formula is C21H22N5O7P. The number of phenols is 1. The second-order valence-corrected chi connectivity index (χ2v) is 9.68. The number of carbonyl (C=O) groups is 2. The number of carboxylic acid groups (broad SMARTS) is 1. The van der Waals surface area contributed by atoms with Crippen LogP contribution in [-0.2, 0) is 16.4 Å². The fourth-order valence-corrected chi connectivity index (χ4v) is 4.47. The number of nitrogens with one attached hydrogen (secondary N) is 2. The molecule has 2 unspecified atom stereocenters. The Morgan fingerprint density at radius 2 is 1.85 bits per heavy atom. The molecule has 0 radical (unpaired) electrons. The highest BCUT2D eigenvalue weighted by Crippen LogP contribution is 2.35. The average molecular weight is 487 g/mol. The van der Waals surface area contributed by atoms with Gasteiger partial charge in [0.2, 0.25) is 0 Å². The molecule has 13 heteroatoms. The first-order valence-electron chi connectivity index (χ1n) is 10.2. The Morgan fingerprint density at radius 1 is 1.15 bits per heavy atom. The first-order valence-corrected chi connectivity index (χ1v) is 12.0. The number of nitrogens with zero attached hydrogens (tertiary/aromatic N) is 3. The van der Waals surface area contributed by atoms with Crippen LogP contribution >= 0.6 is 7.60 Å². The highest BCUT2D eigenvalue weighted by molar-refractivity contribution is 7.51. The van der Waals surface area contributed by atoms with E-state index in [4.69, 9.17) is 9.79 Å². The Hall–Kier alpha value is -3.73. The molecule has 1 amide bonds. The molecule has 12 nitrogen and oxygen atoms in total. The van der Waals surface area contributed by atoms with Crippen molar-refractivity contribution in [3.63, 3.8) is 0 Å². The molecule has 0 bridgehead atoms. The maximum absolute atomic E-state index is 12.6. The third kappa shape index (κ3) is 4.65. The summed E-state index contributed by atoms with van der Waals surface area (Å²) >= 11 is 0. The molecule has 0 aliphatic carbocycles. The zero-order valence-electron chi connectivity index (χ0n) is 18.1. The molecule has 2 heterocycles. The van der Waals surface area contributed by atoms with Gasteiger partial charge < -0.3 is 34.9 Å². The first kappa shape index (κ1) is 23.4. The number of aliphatic carboxylic acids is 1. The Morgan fingerprint density at radius 3 is 2.53 bits per heavy atom. The zero-order valence-corrected chi connectivity index (χ0v) is 19.0. The monoisotopic (exact) mass is 487 g/mol. The fraction of sp³-hybridized carbons (Fsp3) is 0.238. The molecule has 2 aromatic carbocycles. The maximum Gasteiger partial charge on any atom is 0.328 e. The highest BCUT2D eigenvalue weighted by Gasteiger charge is 2.29.